The highest BCUT2D eigenvalue weighted by molar-refractivity contribution is 7.09. The van der Waals surface area contributed by atoms with Crippen LogP contribution in [0, 0.1) is 5.82 Å². The summed E-state index contributed by atoms with van der Waals surface area (Å²) in [6, 6.07) is 9.54. The number of halogens is 1. The molecule has 1 aromatic carbocycles. The molecule has 1 heterocycles. The van der Waals surface area contributed by atoms with Crippen molar-refractivity contribution in [2.75, 3.05) is 13.2 Å². The molecule has 1 amide bonds. The minimum Gasteiger partial charge on any atom is -0.455 e. The molecular weight excluding hydrogens is 305 g/mol. The molecule has 0 spiro atoms. The SMILES string of the molecule is O=C(COC(=O)Cc1ccc(F)cc1)NCCc1cccs1. The van der Waals surface area contributed by atoms with Gasteiger partial charge in [-0.05, 0) is 35.6 Å². The zero-order valence-electron chi connectivity index (χ0n) is 11.9. The van der Waals surface area contributed by atoms with Crippen molar-refractivity contribution < 1.29 is 18.7 Å². The average Bonchev–Trinajstić information content (AvgIpc) is 3.01. The van der Waals surface area contributed by atoms with Crippen molar-refractivity contribution >= 4 is 23.2 Å². The highest BCUT2D eigenvalue weighted by Gasteiger charge is 2.08. The van der Waals surface area contributed by atoms with E-state index in [1.165, 1.54) is 29.1 Å². The Morgan fingerprint density at radius 2 is 1.95 bits per heavy atom. The predicted molar refractivity (Wildman–Crippen MR) is 82.1 cm³/mol. The number of nitrogens with one attached hydrogen (secondary N) is 1. The molecule has 0 saturated carbocycles. The van der Waals surface area contributed by atoms with E-state index in [4.69, 9.17) is 4.74 Å². The van der Waals surface area contributed by atoms with Gasteiger partial charge in [-0.25, -0.2) is 4.39 Å². The molecule has 0 unspecified atom stereocenters. The van der Waals surface area contributed by atoms with Crippen LogP contribution in [0.5, 0.6) is 0 Å². The van der Waals surface area contributed by atoms with Crippen molar-refractivity contribution in [2.24, 2.45) is 0 Å². The second kappa shape index (κ2) is 8.29. The Bertz CT molecular complexity index is 611. The molecule has 0 saturated heterocycles. The summed E-state index contributed by atoms with van der Waals surface area (Å²) >= 11 is 1.63. The Hall–Kier alpha value is -2.21. The van der Waals surface area contributed by atoms with Gasteiger partial charge in [0.1, 0.15) is 5.82 Å². The Kier molecular flexibility index (Phi) is 6.09. The monoisotopic (exact) mass is 321 g/mol. The zero-order valence-corrected chi connectivity index (χ0v) is 12.7. The maximum absolute atomic E-state index is 12.7. The number of thiophene rings is 1. The summed E-state index contributed by atoms with van der Waals surface area (Å²) < 4.78 is 17.6. The van der Waals surface area contributed by atoms with Gasteiger partial charge in [-0.2, -0.15) is 0 Å². The van der Waals surface area contributed by atoms with Crippen LogP contribution in [0.4, 0.5) is 4.39 Å². The van der Waals surface area contributed by atoms with Crippen LogP contribution in [-0.2, 0) is 27.2 Å². The van der Waals surface area contributed by atoms with Gasteiger partial charge in [0.2, 0.25) is 0 Å². The Balaban J connectivity index is 1.63. The zero-order chi connectivity index (χ0) is 15.8. The fraction of sp³-hybridized carbons (Fsp3) is 0.250. The molecule has 116 valence electrons. The lowest BCUT2D eigenvalue weighted by atomic mass is 10.1. The summed E-state index contributed by atoms with van der Waals surface area (Å²) in [7, 11) is 0. The predicted octanol–water partition coefficient (Wildman–Crippen LogP) is 2.33. The highest BCUT2D eigenvalue weighted by atomic mass is 32.1. The molecule has 2 aromatic rings. The number of rotatable bonds is 7. The number of hydrogen-bond acceptors (Lipinski definition) is 4. The molecule has 0 radical (unpaired) electrons. The van der Waals surface area contributed by atoms with Gasteiger partial charge >= 0.3 is 5.97 Å². The molecule has 6 heteroatoms. The van der Waals surface area contributed by atoms with Gasteiger partial charge in [0.15, 0.2) is 6.61 Å². The molecular formula is C16H16FNO3S. The molecule has 1 N–H and O–H groups in total. The first-order valence-electron chi connectivity index (χ1n) is 6.82. The molecule has 2 rings (SSSR count). The smallest absolute Gasteiger partial charge is 0.310 e. The van der Waals surface area contributed by atoms with Gasteiger partial charge in [-0.3, -0.25) is 9.59 Å². The maximum Gasteiger partial charge on any atom is 0.310 e. The second-order valence-corrected chi connectivity index (χ2v) is 5.68. The second-order valence-electron chi connectivity index (χ2n) is 4.64. The number of carbonyl (C=O) groups is 2. The van der Waals surface area contributed by atoms with Crippen LogP contribution in [0.1, 0.15) is 10.4 Å². The first-order chi connectivity index (χ1) is 10.6. The molecule has 22 heavy (non-hydrogen) atoms. The first kappa shape index (κ1) is 16.2. The van der Waals surface area contributed by atoms with Gasteiger partial charge in [0, 0.05) is 11.4 Å². The van der Waals surface area contributed by atoms with E-state index in [1.807, 2.05) is 17.5 Å². The number of esters is 1. The van der Waals surface area contributed by atoms with E-state index in [2.05, 4.69) is 5.32 Å². The summed E-state index contributed by atoms with van der Waals surface area (Å²) in [5, 5.41) is 4.67. The van der Waals surface area contributed by atoms with E-state index in [0.29, 0.717) is 12.1 Å². The quantitative estimate of drug-likeness (QED) is 0.796. The van der Waals surface area contributed by atoms with Gasteiger partial charge < -0.3 is 10.1 Å². The number of amides is 1. The average molecular weight is 321 g/mol. The lowest BCUT2D eigenvalue weighted by molar-refractivity contribution is -0.147. The summed E-state index contributed by atoms with van der Waals surface area (Å²) in [4.78, 5) is 24.3. The van der Waals surface area contributed by atoms with Crippen LogP contribution in [-0.4, -0.2) is 25.0 Å². The van der Waals surface area contributed by atoms with Crippen molar-refractivity contribution in [1.82, 2.24) is 5.32 Å². The largest absolute Gasteiger partial charge is 0.455 e. The molecule has 1 aromatic heterocycles. The third kappa shape index (κ3) is 5.65. The third-order valence-corrected chi connectivity index (χ3v) is 3.84. The molecule has 0 aliphatic rings. The van der Waals surface area contributed by atoms with Crippen molar-refractivity contribution in [3.8, 4) is 0 Å². The van der Waals surface area contributed by atoms with E-state index in [9.17, 15) is 14.0 Å². The van der Waals surface area contributed by atoms with Crippen LogP contribution in [0.3, 0.4) is 0 Å². The van der Waals surface area contributed by atoms with E-state index >= 15 is 0 Å². The van der Waals surface area contributed by atoms with Gasteiger partial charge in [-0.15, -0.1) is 11.3 Å². The number of ether oxygens (including phenoxy) is 1. The topological polar surface area (TPSA) is 55.4 Å². The maximum atomic E-state index is 12.7. The van der Waals surface area contributed by atoms with Crippen LogP contribution in [0.15, 0.2) is 41.8 Å². The Morgan fingerprint density at radius 1 is 1.18 bits per heavy atom. The molecule has 0 fully saturated rings. The minimum atomic E-state index is -0.514. The Labute approximate surface area is 131 Å². The number of benzene rings is 1. The van der Waals surface area contributed by atoms with Gasteiger partial charge in [0.25, 0.3) is 5.91 Å². The van der Waals surface area contributed by atoms with Gasteiger partial charge in [0.05, 0.1) is 6.42 Å². The summed E-state index contributed by atoms with van der Waals surface area (Å²) in [6.07, 6.45) is 0.773. The van der Waals surface area contributed by atoms with Crippen LogP contribution in [0.25, 0.3) is 0 Å². The number of hydrogen-bond donors (Lipinski definition) is 1. The normalized spacial score (nSPS) is 10.2. The molecule has 0 bridgehead atoms. The standard InChI is InChI=1S/C16H16FNO3S/c17-13-5-3-12(4-6-13)10-16(20)21-11-15(19)18-8-7-14-2-1-9-22-14/h1-6,9H,7-8,10-11H2,(H,18,19). The van der Waals surface area contributed by atoms with Crippen LogP contribution in [0.2, 0.25) is 0 Å². The first-order valence-corrected chi connectivity index (χ1v) is 7.70. The molecule has 0 atom stereocenters. The van der Waals surface area contributed by atoms with E-state index in [0.717, 1.165) is 6.42 Å². The van der Waals surface area contributed by atoms with Crippen molar-refractivity contribution in [1.29, 1.82) is 0 Å². The minimum absolute atomic E-state index is 0.0166. The molecule has 0 aliphatic carbocycles. The van der Waals surface area contributed by atoms with E-state index in [-0.39, 0.29) is 24.8 Å². The number of carbonyl (C=O) groups excluding carboxylic acids is 2. The third-order valence-electron chi connectivity index (χ3n) is 2.90. The lowest BCUT2D eigenvalue weighted by Crippen LogP contribution is -2.30. The summed E-state index contributed by atoms with van der Waals surface area (Å²) in [5.74, 6) is -1.20. The van der Waals surface area contributed by atoms with Gasteiger partial charge in [-0.1, -0.05) is 18.2 Å². The van der Waals surface area contributed by atoms with Crippen molar-refractivity contribution in [3.63, 3.8) is 0 Å². The highest BCUT2D eigenvalue weighted by Crippen LogP contribution is 2.08. The van der Waals surface area contributed by atoms with Crippen LogP contribution < -0.4 is 5.32 Å². The van der Waals surface area contributed by atoms with Crippen LogP contribution >= 0.6 is 11.3 Å². The summed E-state index contributed by atoms with van der Waals surface area (Å²) in [5.41, 5.74) is 0.643. The lowest BCUT2D eigenvalue weighted by Gasteiger charge is -2.06. The van der Waals surface area contributed by atoms with Crippen molar-refractivity contribution in [2.45, 2.75) is 12.8 Å². The van der Waals surface area contributed by atoms with Crippen molar-refractivity contribution in [3.05, 3.63) is 58.0 Å². The molecule has 0 aliphatic heterocycles. The summed E-state index contributed by atoms with van der Waals surface area (Å²) in [6.45, 7) is 0.208. The van der Waals surface area contributed by atoms with E-state index < -0.39 is 5.97 Å². The fourth-order valence-electron chi connectivity index (χ4n) is 1.80. The van der Waals surface area contributed by atoms with E-state index in [1.54, 1.807) is 11.3 Å². The molecule has 4 nitrogen and oxygen atoms in total. The fourth-order valence-corrected chi connectivity index (χ4v) is 2.51. The Morgan fingerprint density at radius 3 is 2.64 bits per heavy atom.